The zero-order valence-electron chi connectivity index (χ0n) is 31.8. The van der Waals surface area contributed by atoms with Crippen molar-refractivity contribution < 1.29 is 48.6 Å². The molecule has 0 aromatic carbocycles. The molecule has 21 heteroatoms. The molecule has 0 aliphatic carbocycles. The van der Waals surface area contributed by atoms with E-state index in [1.54, 1.807) is 27.7 Å². The van der Waals surface area contributed by atoms with E-state index in [9.17, 15) is 48.6 Å². The Kier molecular flexibility index (Phi) is 19.3. The Labute approximate surface area is 314 Å². The molecule has 306 valence electrons. The molecule has 1 fully saturated rings. The van der Waals surface area contributed by atoms with Gasteiger partial charge in [0.05, 0.1) is 12.1 Å². The number of likely N-dealkylation sites (tertiary alicyclic amines) is 1. The highest BCUT2D eigenvalue weighted by molar-refractivity contribution is 5.98. The van der Waals surface area contributed by atoms with E-state index in [1.807, 2.05) is 0 Å². The SMILES string of the molecule is CC(C)C[C@@H](NC(=O)[C@@H](CCC(=O)O)NC(=O)[C@H](NC(=O)[C@@H]([C@@H](C)O)N1CC[C@@H](NC(=O)[C@H](N)CCCN=C(N)N)C1=O)C(C)C)C(=O)N[C@H](C)C(N)=O. The minimum absolute atomic E-state index is 0.0220. The van der Waals surface area contributed by atoms with Gasteiger partial charge in [-0.1, -0.05) is 27.7 Å². The maximum atomic E-state index is 13.6. The number of rotatable bonds is 23. The fourth-order valence-corrected chi connectivity index (χ4v) is 5.59. The van der Waals surface area contributed by atoms with Crippen LogP contribution in [-0.4, -0.2) is 130 Å². The van der Waals surface area contributed by atoms with Crippen molar-refractivity contribution in [2.75, 3.05) is 13.1 Å². The summed E-state index contributed by atoms with van der Waals surface area (Å²) in [6.07, 6.45) is -1.48. The van der Waals surface area contributed by atoms with Gasteiger partial charge in [-0.15, -0.1) is 0 Å². The summed E-state index contributed by atoms with van der Waals surface area (Å²) in [4.78, 5) is 108. The number of amides is 7. The van der Waals surface area contributed by atoms with Crippen LogP contribution in [0.1, 0.15) is 80.1 Å². The Morgan fingerprint density at radius 1 is 0.833 bits per heavy atom. The molecular formula is C33H59N11O10. The molecule has 21 nitrogen and oxygen atoms in total. The molecule has 0 spiro atoms. The molecule has 7 amide bonds. The highest BCUT2D eigenvalue weighted by atomic mass is 16.4. The van der Waals surface area contributed by atoms with Crippen LogP contribution in [-0.2, 0) is 38.4 Å². The lowest BCUT2D eigenvalue weighted by molar-refractivity contribution is -0.144. The second-order valence-electron chi connectivity index (χ2n) is 14.2. The summed E-state index contributed by atoms with van der Waals surface area (Å²) < 4.78 is 0. The number of nitrogens with two attached hydrogens (primary N) is 4. The van der Waals surface area contributed by atoms with Crippen LogP contribution in [0.3, 0.4) is 0 Å². The molecule has 15 N–H and O–H groups in total. The average Bonchev–Trinajstić information content (AvgIpc) is 3.40. The minimum atomic E-state index is -1.48. The van der Waals surface area contributed by atoms with E-state index in [0.29, 0.717) is 6.42 Å². The first-order chi connectivity index (χ1) is 25.1. The number of carbonyl (C=O) groups excluding carboxylic acids is 7. The van der Waals surface area contributed by atoms with Crippen molar-refractivity contribution in [1.82, 2.24) is 31.5 Å². The van der Waals surface area contributed by atoms with Crippen LogP contribution < -0.4 is 49.5 Å². The number of carboxylic acids is 1. The number of primary amides is 1. The predicted molar refractivity (Wildman–Crippen MR) is 195 cm³/mol. The topological polar surface area (TPSA) is 357 Å². The fourth-order valence-electron chi connectivity index (χ4n) is 5.59. The van der Waals surface area contributed by atoms with Gasteiger partial charge in [-0.3, -0.25) is 43.3 Å². The summed E-state index contributed by atoms with van der Waals surface area (Å²) in [5, 5.41) is 32.4. The number of aliphatic hydroxyl groups excluding tert-OH is 1. The standard InChI is InChI=1S/C33H59N11O10/c1-15(2)14-22(29(51)39-17(5)26(35)48)42-28(50)20(9-10-23(46)47)40-30(52)24(16(3)4)43-31(53)25(18(6)45)44-13-11-21(32(44)54)41-27(49)19(34)8-7-12-38-33(36)37/h15-22,24-25,45H,7-14,34H2,1-6H3,(H2,35,48)(H,39,51)(H,40,52)(H,41,49)(H,42,50)(H,43,53)(H,46,47)(H4,36,37,38)/t17-,18-,19-,20-,21-,22-,24-,25-/m1/s1. The fraction of sp³-hybridized carbons (Fsp3) is 0.727. The molecule has 0 aromatic heterocycles. The van der Waals surface area contributed by atoms with Crippen molar-refractivity contribution in [2.24, 2.45) is 39.8 Å². The Hall–Kier alpha value is -5.05. The Bertz CT molecular complexity index is 1390. The summed E-state index contributed by atoms with van der Waals surface area (Å²) in [6.45, 7) is 9.62. The Balaban J connectivity index is 3.14. The summed E-state index contributed by atoms with van der Waals surface area (Å²) in [5.74, 6) is -7.56. The number of nitrogens with one attached hydrogen (secondary N) is 5. The van der Waals surface area contributed by atoms with E-state index in [-0.39, 0.29) is 50.7 Å². The van der Waals surface area contributed by atoms with Crippen LogP contribution in [0.15, 0.2) is 4.99 Å². The molecule has 0 radical (unpaired) electrons. The highest BCUT2D eigenvalue weighted by Gasteiger charge is 2.43. The van der Waals surface area contributed by atoms with Gasteiger partial charge < -0.3 is 64.6 Å². The monoisotopic (exact) mass is 769 g/mol. The first-order valence-electron chi connectivity index (χ1n) is 17.9. The van der Waals surface area contributed by atoms with Gasteiger partial charge in [0.25, 0.3) is 0 Å². The molecule has 0 unspecified atom stereocenters. The molecule has 1 heterocycles. The van der Waals surface area contributed by atoms with E-state index in [4.69, 9.17) is 22.9 Å². The number of nitrogens with zero attached hydrogens (tertiary/aromatic N) is 2. The minimum Gasteiger partial charge on any atom is -0.481 e. The summed E-state index contributed by atoms with van der Waals surface area (Å²) in [5.41, 5.74) is 21.8. The molecule has 0 saturated carbocycles. The summed E-state index contributed by atoms with van der Waals surface area (Å²) in [6, 6.07) is -8.51. The van der Waals surface area contributed by atoms with Crippen LogP contribution >= 0.6 is 0 Å². The van der Waals surface area contributed by atoms with E-state index >= 15 is 0 Å². The van der Waals surface area contributed by atoms with Gasteiger partial charge in [-0.25, -0.2) is 0 Å². The molecule has 1 saturated heterocycles. The van der Waals surface area contributed by atoms with Crippen LogP contribution in [0.2, 0.25) is 0 Å². The van der Waals surface area contributed by atoms with Crippen LogP contribution in [0.4, 0.5) is 0 Å². The van der Waals surface area contributed by atoms with Crippen LogP contribution in [0, 0.1) is 11.8 Å². The third kappa shape index (κ3) is 15.5. The normalized spacial score (nSPS) is 18.0. The van der Waals surface area contributed by atoms with E-state index in [0.717, 1.165) is 4.90 Å². The quantitative estimate of drug-likeness (QED) is 0.0267. The number of aliphatic carboxylic acids is 1. The average molecular weight is 770 g/mol. The third-order valence-electron chi connectivity index (χ3n) is 8.57. The van der Waals surface area contributed by atoms with Gasteiger partial charge in [-0.05, 0) is 57.8 Å². The van der Waals surface area contributed by atoms with Gasteiger partial charge in [0.15, 0.2) is 5.96 Å². The molecule has 54 heavy (non-hydrogen) atoms. The number of carbonyl (C=O) groups is 8. The van der Waals surface area contributed by atoms with Gasteiger partial charge in [-0.2, -0.15) is 0 Å². The molecule has 1 aliphatic rings. The maximum Gasteiger partial charge on any atom is 0.303 e. The highest BCUT2D eigenvalue weighted by Crippen LogP contribution is 2.19. The summed E-state index contributed by atoms with van der Waals surface area (Å²) >= 11 is 0. The Morgan fingerprint density at radius 2 is 1.43 bits per heavy atom. The third-order valence-corrected chi connectivity index (χ3v) is 8.57. The van der Waals surface area contributed by atoms with Crippen LogP contribution in [0.5, 0.6) is 0 Å². The lowest BCUT2D eigenvalue weighted by Crippen LogP contribution is -2.61. The van der Waals surface area contributed by atoms with Crippen molar-refractivity contribution >= 4 is 53.3 Å². The van der Waals surface area contributed by atoms with Gasteiger partial charge in [0.1, 0.15) is 36.3 Å². The molecule has 8 atom stereocenters. The number of aliphatic hydroxyl groups is 1. The zero-order chi connectivity index (χ0) is 41.4. The first-order valence-corrected chi connectivity index (χ1v) is 17.9. The molecule has 1 rings (SSSR count). The maximum absolute atomic E-state index is 13.6. The van der Waals surface area contributed by atoms with Crippen LogP contribution in [0.25, 0.3) is 0 Å². The summed E-state index contributed by atoms with van der Waals surface area (Å²) in [7, 11) is 0. The van der Waals surface area contributed by atoms with Crippen molar-refractivity contribution in [1.29, 1.82) is 0 Å². The number of hydrogen-bond donors (Lipinski definition) is 11. The van der Waals surface area contributed by atoms with E-state index in [2.05, 4.69) is 31.6 Å². The van der Waals surface area contributed by atoms with Crippen molar-refractivity contribution in [3.05, 3.63) is 0 Å². The predicted octanol–water partition coefficient (Wildman–Crippen LogP) is -4.15. The molecule has 0 aromatic rings. The largest absolute Gasteiger partial charge is 0.481 e. The van der Waals surface area contributed by atoms with Crippen molar-refractivity contribution in [3.8, 4) is 0 Å². The van der Waals surface area contributed by atoms with Crippen molar-refractivity contribution in [3.63, 3.8) is 0 Å². The lowest BCUT2D eigenvalue weighted by atomic mass is 10.00. The Morgan fingerprint density at radius 3 is 1.94 bits per heavy atom. The lowest BCUT2D eigenvalue weighted by Gasteiger charge is -2.32. The smallest absolute Gasteiger partial charge is 0.303 e. The van der Waals surface area contributed by atoms with Gasteiger partial charge in [0, 0.05) is 19.5 Å². The number of carboxylic acid groups (broad SMARTS) is 1. The number of aliphatic imine (C=N–C) groups is 1. The molecule has 0 bridgehead atoms. The second kappa shape index (κ2) is 22.2. The second-order valence-corrected chi connectivity index (χ2v) is 14.2. The van der Waals surface area contributed by atoms with Gasteiger partial charge >= 0.3 is 5.97 Å². The van der Waals surface area contributed by atoms with E-state index < -0.39 is 108 Å². The number of hydrogen-bond acceptors (Lipinski definition) is 11. The number of guanidine groups is 1. The molecular weight excluding hydrogens is 710 g/mol. The zero-order valence-corrected chi connectivity index (χ0v) is 31.8. The first kappa shape index (κ1) is 47.0. The molecule has 1 aliphatic heterocycles. The van der Waals surface area contributed by atoms with Gasteiger partial charge in [0.2, 0.25) is 41.4 Å². The van der Waals surface area contributed by atoms with Crippen molar-refractivity contribution in [2.45, 2.75) is 128 Å². The van der Waals surface area contributed by atoms with E-state index in [1.165, 1.54) is 13.8 Å².